The quantitative estimate of drug-likeness (QED) is 0.653. The molecule has 0 aliphatic rings. The van der Waals surface area contributed by atoms with E-state index in [4.69, 9.17) is 10.5 Å². The van der Waals surface area contributed by atoms with Crippen LogP contribution in [-0.2, 0) is 4.74 Å². The first-order chi connectivity index (χ1) is 10.0. The number of nitrogens with two attached hydrogens (primary N) is 1. The molecule has 0 saturated carbocycles. The molecule has 0 spiro atoms. The maximum Gasteiger partial charge on any atom is 0.340 e. The summed E-state index contributed by atoms with van der Waals surface area (Å²) < 4.78 is 6.87. The monoisotopic (exact) mass is 288 g/mol. The number of para-hydroxylation sites is 1. The van der Waals surface area contributed by atoms with Gasteiger partial charge >= 0.3 is 5.97 Å². The second-order valence-electron chi connectivity index (χ2n) is 4.92. The summed E-state index contributed by atoms with van der Waals surface area (Å²) in [4.78, 5) is 12.0. The smallest absolute Gasteiger partial charge is 0.340 e. The second kappa shape index (κ2) is 6.30. The largest absolute Gasteiger partial charge is 0.462 e. The van der Waals surface area contributed by atoms with Gasteiger partial charge in [0.1, 0.15) is 0 Å². The number of anilines is 3. The van der Waals surface area contributed by atoms with Crippen LogP contribution in [0.4, 0.5) is 17.1 Å². The first-order valence-electron chi connectivity index (χ1n) is 6.89. The van der Waals surface area contributed by atoms with Crippen molar-refractivity contribution in [2.75, 3.05) is 17.7 Å². The van der Waals surface area contributed by atoms with Gasteiger partial charge in [-0.2, -0.15) is 5.10 Å². The summed E-state index contributed by atoms with van der Waals surface area (Å²) in [5, 5.41) is 7.40. The van der Waals surface area contributed by atoms with Crippen molar-refractivity contribution in [3.8, 4) is 0 Å². The van der Waals surface area contributed by atoms with E-state index in [-0.39, 0.29) is 6.04 Å². The lowest BCUT2D eigenvalue weighted by molar-refractivity contribution is 0.0527. The molecule has 6 nitrogen and oxygen atoms in total. The van der Waals surface area contributed by atoms with Gasteiger partial charge in [0.05, 0.1) is 35.4 Å². The Labute approximate surface area is 123 Å². The Hall–Kier alpha value is -2.50. The van der Waals surface area contributed by atoms with Crippen molar-refractivity contribution in [3.63, 3.8) is 0 Å². The number of rotatable bonds is 5. The van der Waals surface area contributed by atoms with Crippen LogP contribution in [0.15, 0.2) is 30.6 Å². The highest BCUT2D eigenvalue weighted by molar-refractivity contribution is 5.99. The molecule has 0 unspecified atom stereocenters. The number of carbonyl (C=O) groups is 1. The van der Waals surface area contributed by atoms with E-state index in [2.05, 4.69) is 10.4 Å². The number of nitrogens with zero attached hydrogens (tertiary/aromatic N) is 2. The Morgan fingerprint density at radius 2 is 2.24 bits per heavy atom. The number of aromatic nitrogens is 2. The van der Waals surface area contributed by atoms with Gasteiger partial charge in [0, 0.05) is 12.2 Å². The number of benzene rings is 1. The highest BCUT2D eigenvalue weighted by Crippen LogP contribution is 2.28. The zero-order valence-corrected chi connectivity index (χ0v) is 12.5. The lowest BCUT2D eigenvalue weighted by Gasteiger charge is -2.12. The fourth-order valence-corrected chi connectivity index (χ4v) is 1.92. The predicted octanol–water partition coefficient (Wildman–Crippen LogP) is 2.97. The second-order valence-corrected chi connectivity index (χ2v) is 4.92. The number of nitrogen functional groups attached to an aromatic ring is 1. The highest BCUT2D eigenvalue weighted by Gasteiger charge is 2.15. The first kappa shape index (κ1) is 14.9. The molecule has 0 saturated heterocycles. The lowest BCUT2D eigenvalue weighted by Crippen LogP contribution is -2.09. The van der Waals surface area contributed by atoms with Crippen LogP contribution in [0.5, 0.6) is 0 Å². The summed E-state index contributed by atoms with van der Waals surface area (Å²) >= 11 is 0. The minimum Gasteiger partial charge on any atom is -0.462 e. The molecular weight excluding hydrogens is 268 g/mol. The molecular formula is C15H20N4O2. The van der Waals surface area contributed by atoms with E-state index in [9.17, 15) is 4.79 Å². The molecule has 3 N–H and O–H groups in total. The molecule has 1 aromatic carbocycles. The molecule has 112 valence electrons. The number of hydrogen-bond donors (Lipinski definition) is 2. The van der Waals surface area contributed by atoms with Crippen LogP contribution in [0, 0.1) is 0 Å². The molecule has 2 rings (SSSR count). The van der Waals surface area contributed by atoms with E-state index < -0.39 is 5.97 Å². The summed E-state index contributed by atoms with van der Waals surface area (Å²) in [7, 11) is 0. The summed E-state index contributed by atoms with van der Waals surface area (Å²) in [6.07, 6.45) is 3.56. The van der Waals surface area contributed by atoms with Gasteiger partial charge in [0.2, 0.25) is 0 Å². The Balaban J connectivity index is 2.31. The van der Waals surface area contributed by atoms with Crippen LogP contribution >= 0.6 is 0 Å². The van der Waals surface area contributed by atoms with Gasteiger partial charge in [0.25, 0.3) is 0 Å². The van der Waals surface area contributed by atoms with E-state index in [1.54, 1.807) is 31.3 Å². The van der Waals surface area contributed by atoms with Gasteiger partial charge in [-0.05, 0) is 32.9 Å². The molecule has 0 aliphatic heterocycles. The number of esters is 1. The molecule has 6 heteroatoms. The first-order valence-corrected chi connectivity index (χ1v) is 6.89. The number of hydrogen-bond acceptors (Lipinski definition) is 5. The van der Waals surface area contributed by atoms with E-state index in [1.165, 1.54) is 0 Å². The zero-order valence-electron chi connectivity index (χ0n) is 12.5. The molecule has 0 aliphatic carbocycles. The Morgan fingerprint density at radius 3 is 2.86 bits per heavy atom. The van der Waals surface area contributed by atoms with Crippen molar-refractivity contribution in [1.29, 1.82) is 0 Å². The van der Waals surface area contributed by atoms with Crippen LogP contribution in [0.25, 0.3) is 0 Å². The molecule has 0 radical (unpaired) electrons. The van der Waals surface area contributed by atoms with Gasteiger partial charge in [0.15, 0.2) is 0 Å². The van der Waals surface area contributed by atoms with Crippen LogP contribution < -0.4 is 11.1 Å². The average molecular weight is 288 g/mol. The zero-order chi connectivity index (χ0) is 15.4. The van der Waals surface area contributed by atoms with Crippen LogP contribution in [0.2, 0.25) is 0 Å². The lowest BCUT2D eigenvalue weighted by atomic mass is 10.1. The van der Waals surface area contributed by atoms with Gasteiger partial charge in [-0.25, -0.2) is 4.79 Å². The molecule has 21 heavy (non-hydrogen) atoms. The number of carbonyl (C=O) groups excluding carboxylic acids is 1. The van der Waals surface area contributed by atoms with Crippen LogP contribution in [0.3, 0.4) is 0 Å². The fraction of sp³-hybridized carbons (Fsp3) is 0.333. The molecule has 1 heterocycles. The molecule has 2 aromatic rings. The Morgan fingerprint density at radius 1 is 1.48 bits per heavy atom. The molecule has 0 fully saturated rings. The fourth-order valence-electron chi connectivity index (χ4n) is 1.92. The van der Waals surface area contributed by atoms with Crippen molar-refractivity contribution in [2.24, 2.45) is 0 Å². The van der Waals surface area contributed by atoms with E-state index >= 15 is 0 Å². The molecule has 0 atom stereocenters. The van der Waals surface area contributed by atoms with E-state index in [0.717, 1.165) is 5.69 Å². The minimum absolute atomic E-state index is 0.262. The number of nitrogens with one attached hydrogen (secondary N) is 1. The third kappa shape index (κ3) is 3.34. The third-order valence-corrected chi connectivity index (χ3v) is 2.99. The van der Waals surface area contributed by atoms with Crippen molar-refractivity contribution in [2.45, 2.75) is 26.8 Å². The summed E-state index contributed by atoms with van der Waals surface area (Å²) in [6, 6.07) is 5.41. The molecule has 0 amide bonds. The maximum absolute atomic E-state index is 12.0. The van der Waals surface area contributed by atoms with Crippen molar-refractivity contribution >= 4 is 23.0 Å². The Kier molecular flexibility index (Phi) is 4.47. The summed E-state index contributed by atoms with van der Waals surface area (Å²) in [6.45, 7) is 6.16. The van der Waals surface area contributed by atoms with Crippen LogP contribution in [-0.4, -0.2) is 22.4 Å². The maximum atomic E-state index is 12.0. The van der Waals surface area contributed by atoms with Crippen molar-refractivity contribution in [3.05, 3.63) is 36.2 Å². The Bertz CT molecular complexity index is 634. The summed E-state index contributed by atoms with van der Waals surface area (Å²) in [5.74, 6) is -0.399. The van der Waals surface area contributed by atoms with Gasteiger partial charge in [-0.15, -0.1) is 0 Å². The van der Waals surface area contributed by atoms with Gasteiger partial charge < -0.3 is 15.8 Å². The SMILES string of the molecule is CCOC(=O)c1cccc(N)c1Nc1cnn(C(C)C)c1. The standard InChI is InChI=1S/C15H20N4O2/c1-4-21-15(20)12-6-5-7-13(16)14(12)18-11-8-17-19(9-11)10(2)3/h5-10,18H,4,16H2,1-3H3. The van der Waals surface area contributed by atoms with Gasteiger partial charge in [-0.1, -0.05) is 6.07 Å². The molecule has 1 aromatic heterocycles. The van der Waals surface area contributed by atoms with E-state index in [1.807, 2.05) is 24.7 Å². The summed E-state index contributed by atoms with van der Waals surface area (Å²) in [5.41, 5.74) is 8.18. The normalized spacial score (nSPS) is 10.7. The topological polar surface area (TPSA) is 82.2 Å². The predicted molar refractivity (Wildman–Crippen MR) is 82.7 cm³/mol. The van der Waals surface area contributed by atoms with Gasteiger partial charge in [-0.3, -0.25) is 4.68 Å². The van der Waals surface area contributed by atoms with E-state index in [0.29, 0.717) is 23.5 Å². The highest BCUT2D eigenvalue weighted by atomic mass is 16.5. The molecule has 0 bridgehead atoms. The van der Waals surface area contributed by atoms with Crippen molar-refractivity contribution < 1.29 is 9.53 Å². The minimum atomic E-state index is -0.399. The number of ether oxygens (including phenoxy) is 1. The third-order valence-electron chi connectivity index (χ3n) is 2.99. The average Bonchev–Trinajstić information content (AvgIpc) is 2.90. The van der Waals surface area contributed by atoms with Crippen molar-refractivity contribution in [1.82, 2.24) is 9.78 Å². The van der Waals surface area contributed by atoms with Crippen LogP contribution in [0.1, 0.15) is 37.2 Å².